The molecule has 0 saturated heterocycles. The van der Waals surface area contributed by atoms with Crippen molar-refractivity contribution >= 4 is 15.9 Å². The van der Waals surface area contributed by atoms with E-state index >= 15 is 0 Å². The van der Waals surface area contributed by atoms with Crippen LogP contribution in [0.1, 0.15) is 26.3 Å². The molecule has 1 aromatic rings. The average Bonchev–Trinajstić information content (AvgIpc) is 2.14. The monoisotopic (exact) mass is 287 g/mol. The van der Waals surface area contributed by atoms with Crippen LogP contribution in [0.4, 0.5) is 4.39 Å². The van der Waals surface area contributed by atoms with Crippen LogP contribution >= 0.6 is 15.9 Å². The zero-order valence-corrected chi connectivity index (χ0v) is 11.6. The second-order valence-corrected chi connectivity index (χ2v) is 6.15. The van der Waals surface area contributed by atoms with Crippen LogP contribution in [-0.2, 0) is 6.42 Å². The highest BCUT2D eigenvalue weighted by Gasteiger charge is 2.24. The fourth-order valence-electron chi connectivity index (χ4n) is 1.70. The van der Waals surface area contributed by atoms with Gasteiger partial charge in [0.25, 0.3) is 0 Å². The summed E-state index contributed by atoms with van der Waals surface area (Å²) in [6.07, 6.45) is 0.694. The molecule has 0 amide bonds. The maximum Gasteiger partial charge on any atom is 0.127 e. The van der Waals surface area contributed by atoms with E-state index in [1.54, 1.807) is 0 Å². The third-order valence-corrected chi connectivity index (χ3v) is 3.48. The second-order valence-electron chi connectivity index (χ2n) is 5.24. The molecule has 0 aliphatic carbocycles. The van der Waals surface area contributed by atoms with Crippen LogP contribution in [0.2, 0.25) is 0 Å². The zero-order chi connectivity index (χ0) is 12.3. The van der Waals surface area contributed by atoms with Gasteiger partial charge in [0, 0.05) is 4.47 Å². The van der Waals surface area contributed by atoms with E-state index in [1.165, 1.54) is 6.07 Å². The Hall–Kier alpha value is -0.410. The van der Waals surface area contributed by atoms with Gasteiger partial charge < -0.3 is 5.73 Å². The molecule has 0 spiro atoms. The number of benzene rings is 1. The van der Waals surface area contributed by atoms with Crippen molar-refractivity contribution in [3.05, 3.63) is 34.1 Å². The molecule has 2 N–H and O–H groups in total. The van der Waals surface area contributed by atoms with Crippen molar-refractivity contribution in [1.29, 1.82) is 0 Å². The maximum atomic E-state index is 13.7. The summed E-state index contributed by atoms with van der Waals surface area (Å²) in [5, 5.41) is 0. The Kier molecular flexibility index (Phi) is 4.51. The molecule has 3 heteroatoms. The molecule has 1 unspecified atom stereocenters. The molecule has 0 heterocycles. The summed E-state index contributed by atoms with van der Waals surface area (Å²) in [5.74, 6) is 0.139. The summed E-state index contributed by atoms with van der Waals surface area (Å²) < 4.78 is 14.4. The van der Waals surface area contributed by atoms with E-state index in [0.717, 1.165) is 10.0 Å². The predicted octanol–water partition coefficient (Wildman–Crippen LogP) is 3.75. The minimum atomic E-state index is -0.155. The topological polar surface area (TPSA) is 26.0 Å². The highest BCUT2D eigenvalue weighted by Crippen LogP contribution is 2.29. The van der Waals surface area contributed by atoms with Gasteiger partial charge >= 0.3 is 0 Å². The molecular formula is C13H19BrFN. The van der Waals surface area contributed by atoms with Gasteiger partial charge in [0.05, 0.1) is 0 Å². The van der Waals surface area contributed by atoms with Gasteiger partial charge in [0.2, 0.25) is 0 Å². The minimum Gasteiger partial charge on any atom is -0.330 e. The molecule has 0 aromatic heterocycles. The van der Waals surface area contributed by atoms with Gasteiger partial charge in [-0.25, -0.2) is 4.39 Å². The lowest BCUT2D eigenvalue weighted by molar-refractivity contribution is 0.244. The van der Waals surface area contributed by atoms with E-state index < -0.39 is 0 Å². The van der Waals surface area contributed by atoms with Crippen molar-refractivity contribution in [2.24, 2.45) is 17.1 Å². The predicted molar refractivity (Wildman–Crippen MR) is 69.8 cm³/mol. The Morgan fingerprint density at radius 3 is 2.44 bits per heavy atom. The van der Waals surface area contributed by atoms with Crippen molar-refractivity contribution in [2.75, 3.05) is 6.54 Å². The smallest absolute Gasteiger partial charge is 0.127 e. The van der Waals surface area contributed by atoms with Crippen LogP contribution in [0.15, 0.2) is 22.7 Å². The lowest BCUT2D eigenvalue weighted by atomic mass is 9.77. The van der Waals surface area contributed by atoms with Crippen molar-refractivity contribution in [3.8, 4) is 0 Å². The summed E-state index contributed by atoms with van der Waals surface area (Å²) >= 11 is 3.25. The van der Waals surface area contributed by atoms with Gasteiger partial charge in [-0.1, -0.05) is 42.8 Å². The summed E-state index contributed by atoms with van der Waals surface area (Å²) in [6.45, 7) is 7.00. The zero-order valence-electron chi connectivity index (χ0n) is 10.1. The van der Waals surface area contributed by atoms with Crippen LogP contribution in [-0.4, -0.2) is 6.54 Å². The van der Waals surface area contributed by atoms with Gasteiger partial charge in [-0.05, 0) is 42.0 Å². The molecule has 0 aliphatic heterocycles. The molecule has 90 valence electrons. The molecule has 1 nitrogen and oxygen atoms in total. The quantitative estimate of drug-likeness (QED) is 0.900. The fraction of sp³-hybridized carbons (Fsp3) is 0.538. The average molecular weight is 288 g/mol. The maximum absolute atomic E-state index is 13.7. The third-order valence-electron chi connectivity index (χ3n) is 2.99. The minimum absolute atomic E-state index is 0.105. The molecule has 0 saturated carbocycles. The van der Waals surface area contributed by atoms with E-state index in [9.17, 15) is 4.39 Å². The SMILES string of the molecule is CC(C)(C)C(CN)Cc1ccc(Br)cc1F. The van der Waals surface area contributed by atoms with Crippen molar-refractivity contribution in [2.45, 2.75) is 27.2 Å². The Balaban J connectivity index is 2.86. The first-order chi connectivity index (χ1) is 7.34. The van der Waals surface area contributed by atoms with Crippen LogP contribution in [0.5, 0.6) is 0 Å². The van der Waals surface area contributed by atoms with E-state index in [4.69, 9.17) is 5.73 Å². The first-order valence-corrected chi connectivity index (χ1v) is 6.28. The lowest BCUT2D eigenvalue weighted by Crippen LogP contribution is -2.30. The molecule has 1 rings (SSSR count). The van der Waals surface area contributed by atoms with E-state index in [1.807, 2.05) is 12.1 Å². The summed E-state index contributed by atoms with van der Waals surface area (Å²) in [7, 11) is 0. The van der Waals surface area contributed by atoms with Crippen LogP contribution in [0.25, 0.3) is 0 Å². The van der Waals surface area contributed by atoms with E-state index in [2.05, 4.69) is 36.7 Å². The second kappa shape index (κ2) is 5.28. The molecule has 1 atom stereocenters. The van der Waals surface area contributed by atoms with Crippen LogP contribution < -0.4 is 5.73 Å². The van der Waals surface area contributed by atoms with Crippen LogP contribution in [0.3, 0.4) is 0 Å². The molecule has 0 radical (unpaired) electrons. The van der Waals surface area contributed by atoms with Crippen LogP contribution in [0, 0.1) is 17.2 Å². The van der Waals surface area contributed by atoms with Gasteiger partial charge in [0.1, 0.15) is 5.82 Å². The number of halogens is 2. The van der Waals surface area contributed by atoms with E-state index in [-0.39, 0.29) is 11.2 Å². The first kappa shape index (κ1) is 13.7. The number of hydrogen-bond acceptors (Lipinski definition) is 1. The Morgan fingerprint density at radius 1 is 1.38 bits per heavy atom. The highest BCUT2D eigenvalue weighted by molar-refractivity contribution is 9.10. The molecule has 16 heavy (non-hydrogen) atoms. The standard InChI is InChI=1S/C13H19BrFN/c1-13(2,3)10(8-16)6-9-4-5-11(14)7-12(9)15/h4-5,7,10H,6,8,16H2,1-3H3. The van der Waals surface area contributed by atoms with Gasteiger partial charge in [0.15, 0.2) is 0 Å². The molecule has 1 aromatic carbocycles. The summed E-state index contributed by atoms with van der Waals surface area (Å²) in [4.78, 5) is 0. The Bertz CT molecular complexity index is 357. The third kappa shape index (κ3) is 3.56. The molecule has 0 aliphatic rings. The molecular weight excluding hydrogens is 269 g/mol. The highest BCUT2D eigenvalue weighted by atomic mass is 79.9. The van der Waals surface area contributed by atoms with E-state index in [0.29, 0.717) is 18.9 Å². The van der Waals surface area contributed by atoms with Gasteiger partial charge in [-0.15, -0.1) is 0 Å². The summed E-state index contributed by atoms with van der Waals surface area (Å²) in [5.41, 5.74) is 6.60. The van der Waals surface area contributed by atoms with Gasteiger partial charge in [-0.3, -0.25) is 0 Å². The normalized spacial score (nSPS) is 13.9. The fourth-order valence-corrected chi connectivity index (χ4v) is 2.03. The largest absolute Gasteiger partial charge is 0.330 e. The van der Waals surface area contributed by atoms with Crippen molar-refractivity contribution in [1.82, 2.24) is 0 Å². The Morgan fingerprint density at radius 2 is 2.00 bits per heavy atom. The number of rotatable bonds is 3. The Labute approximate surface area is 105 Å². The molecule has 0 fully saturated rings. The summed E-state index contributed by atoms with van der Waals surface area (Å²) in [6, 6.07) is 5.20. The number of hydrogen-bond donors (Lipinski definition) is 1. The number of nitrogens with two attached hydrogens (primary N) is 1. The van der Waals surface area contributed by atoms with Gasteiger partial charge in [-0.2, -0.15) is 0 Å². The van der Waals surface area contributed by atoms with Crippen molar-refractivity contribution < 1.29 is 4.39 Å². The first-order valence-electron chi connectivity index (χ1n) is 5.48. The van der Waals surface area contributed by atoms with Crippen molar-refractivity contribution in [3.63, 3.8) is 0 Å². The lowest BCUT2D eigenvalue weighted by Gasteiger charge is -2.29. The molecule has 0 bridgehead atoms.